The molecule has 32 heavy (non-hydrogen) atoms. The molecule has 0 saturated carbocycles. The molecule has 166 valence electrons. The topological polar surface area (TPSA) is 85.8 Å². The molecule has 1 fully saturated rings. The first-order valence-electron chi connectivity index (χ1n) is 9.96. The van der Waals surface area contributed by atoms with Gasteiger partial charge in [-0.15, -0.1) is 26.6 Å². The summed E-state index contributed by atoms with van der Waals surface area (Å²) in [5, 5.41) is 15.3. The zero-order chi connectivity index (χ0) is 22.1. The molecule has 0 aromatic carbocycles. The number of thiophene rings is 1. The van der Waals surface area contributed by atoms with Gasteiger partial charge in [-0.05, 0) is 30.7 Å². The zero-order valence-corrected chi connectivity index (χ0v) is 17.6. The van der Waals surface area contributed by atoms with Gasteiger partial charge in [0.1, 0.15) is 11.9 Å². The molecule has 1 saturated heterocycles. The maximum Gasteiger partial charge on any atom is 0.314 e. The van der Waals surface area contributed by atoms with E-state index in [1.54, 1.807) is 28.2 Å². The fourth-order valence-corrected chi connectivity index (χ4v) is 4.49. The van der Waals surface area contributed by atoms with Crippen LogP contribution in [0.2, 0.25) is 0 Å². The maximum absolute atomic E-state index is 13.4. The second-order valence-electron chi connectivity index (χ2n) is 7.47. The molecule has 0 aliphatic carbocycles. The molecule has 0 radical (unpaired) electrons. The number of likely N-dealkylation sites (tertiary alicyclic amines) is 1. The van der Waals surface area contributed by atoms with E-state index in [0.717, 1.165) is 28.5 Å². The lowest BCUT2D eigenvalue weighted by molar-refractivity contribution is 0.116. The number of hydrogen-bond donors (Lipinski definition) is 0. The second-order valence-corrected chi connectivity index (χ2v) is 8.64. The van der Waals surface area contributed by atoms with Crippen molar-refractivity contribution in [1.82, 2.24) is 35.1 Å². The monoisotopic (exact) mass is 461 g/mol. The van der Waals surface area contributed by atoms with E-state index < -0.39 is 18.5 Å². The van der Waals surface area contributed by atoms with Crippen molar-refractivity contribution in [3.8, 4) is 22.0 Å². The number of hydrogen-bond acceptors (Lipinski definition) is 8. The van der Waals surface area contributed by atoms with E-state index >= 15 is 0 Å². The minimum Gasteiger partial charge on any atom is -0.415 e. The number of nitrogens with zero attached hydrogens (tertiary/aromatic N) is 7. The molecule has 0 N–H and O–H groups in total. The highest BCUT2D eigenvalue weighted by atomic mass is 32.1. The molecule has 1 unspecified atom stereocenters. The van der Waals surface area contributed by atoms with Crippen LogP contribution in [0.25, 0.3) is 22.0 Å². The van der Waals surface area contributed by atoms with Crippen LogP contribution in [0.3, 0.4) is 0 Å². The first-order chi connectivity index (χ1) is 15.5. The molecular formula is C20H18F3N7OS. The normalized spacial score (nSPS) is 16.9. The summed E-state index contributed by atoms with van der Waals surface area (Å²) in [5.74, 6) is -0.727. The van der Waals surface area contributed by atoms with Crippen LogP contribution in [0.5, 0.6) is 0 Å². The smallest absolute Gasteiger partial charge is 0.314 e. The third kappa shape index (κ3) is 4.55. The van der Waals surface area contributed by atoms with Crippen LogP contribution in [-0.4, -0.2) is 54.3 Å². The average Bonchev–Trinajstić information content (AvgIpc) is 3.56. The summed E-state index contributed by atoms with van der Waals surface area (Å²) in [4.78, 5) is 8.60. The Kier molecular flexibility index (Phi) is 5.70. The van der Waals surface area contributed by atoms with Crippen LogP contribution in [-0.2, 0) is 13.1 Å². The maximum atomic E-state index is 13.4. The van der Waals surface area contributed by atoms with Crippen LogP contribution in [0.15, 0.2) is 41.1 Å². The molecule has 12 heteroatoms. The molecule has 0 amide bonds. The lowest BCUT2D eigenvalue weighted by atomic mass is 10.2. The Balaban J connectivity index is 1.22. The standard InChI is InChI=1S/C20H18F3N7OS/c21-13-5-6-29(8-13)10-15-3-4-17(32-15)16-11-30(28-25-16)9-14-2-1-12(7-24-14)19-26-27-20(31-19)18(22)23/h1-4,7,11,13,18H,5-6,8-10H2. The molecule has 5 rings (SSSR count). The van der Waals surface area contributed by atoms with E-state index in [2.05, 4.69) is 30.4 Å². The van der Waals surface area contributed by atoms with E-state index in [9.17, 15) is 13.2 Å². The Morgan fingerprint density at radius 2 is 2.03 bits per heavy atom. The molecule has 8 nitrogen and oxygen atoms in total. The number of alkyl halides is 3. The van der Waals surface area contributed by atoms with E-state index in [1.807, 2.05) is 18.3 Å². The van der Waals surface area contributed by atoms with Gasteiger partial charge in [-0.25, -0.2) is 9.07 Å². The summed E-state index contributed by atoms with van der Waals surface area (Å²) in [7, 11) is 0. The van der Waals surface area contributed by atoms with Gasteiger partial charge in [-0.1, -0.05) is 5.21 Å². The molecule has 4 aromatic heterocycles. The van der Waals surface area contributed by atoms with Crippen molar-refractivity contribution < 1.29 is 17.6 Å². The van der Waals surface area contributed by atoms with E-state index in [-0.39, 0.29) is 5.89 Å². The van der Waals surface area contributed by atoms with Gasteiger partial charge in [0.2, 0.25) is 5.89 Å². The Morgan fingerprint density at radius 1 is 1.12 bits per heavy atom. The Labute approximate surface area is 184 Å². The minimum atomic E-state index is -2.81. The number of aromatic nitrogens is 6. The highest BCUT2D eigenvalue weighted by Crippen LogP contribution is 2.28. The van der Waals surface area contributed by atoms with Crippen LogP contribution >= 0.6 is 11.3 Å². The SMILES string of the molecule is FC1CCN(Cc2ccc(-c3cn(Cc4ccc(-c5nnc(C(F)F)o5)cn4)nn3)s2)C1. The number of halogens is 3. The summed E-state index contributed by atoms with van der Waals surface area (Å²) >= 11 is 1.62. The van der Waals surface area contributed by atoms with Crippen molar-refractivity contribution in [1.29, 1.82) is 0 Å². The van der Waals surface area contributed by atoms with Gasteiger partial charge in [-0.3, -0.25) is 9.88 Å². The summed E-state index contributed by atoms with van der Waals surface area (Å²) in [6.45, 7) is 2.42. The lowest BCUT2D eigenvalue weighted by Crippen LogP contribution is -2.19. The molecular weight excluding hydrogens is 443 g/mol. The summed E-state index contributed by atoms with van der Waals surface area (Å²) in [6.07, 6.45) is 0.395. The quantitative estimate of drug-likeness (QED) is 0.412. The van der Waals surface area contributed by atoms with Gasteiger partial charge in [0.15, 0.2) is 0 Å². The molecule has 4 aromatic rings. The third-order valence-corrected chi connectivity index (χ3v) is 6.16. The van der Waals surface area contributed by atoms with Gasteiger partial charge >= 0.3 is 6.43 Å². The Hall–Kier alpha value is -3.12. The molecule has 1 aliphatic heterocycles. The summed E-state index contributed by atoms with van der Waals surface area (Å²) in [5.41, 5.74) is 1.92. The van der Waals surface area contributed by atoms with Gasteiger partial charge in [-0.2, -0.15) is 8.78 Å². The lowest BCUT2D eigenvalue weighted by Gasteiger charge is -2.12. The fourth-order valence-electron chi connectivity index (χ4n) is 3.49. The van der Waals surface area contributed by atoms with Gasteiger partial charge in [0, 0.05) is 30.7 Å². The van der Waals surface area contributed by atoms with Crippen molar-refractivity contribution in [3.05, 3.63) is 53.1 Å². The number of rotatable bonds is 7. The molecule has 5 heterocycles. The Bertz CT molecular complexity index is 1190. The predicted octanol–water partition coefficient (Wildman–Crippen LogP) is 3.98. The van der Waals surface area contributed by atoms with Gasteiger partial charge in [0.05, 0.1) is 28.9 Å². The summed E-state index contributed by atoms with van der Waals surface area (Å²) in [6, 6.07) is 7.46. The van der Waals surface area contributed by atoms with Gasteiger partial charge in [0.25, 0.3) is 5.89 Å². The van der Waals surface area contributed by atoms with Crippen molar-refractivity contribution in [3.63, 3.8) is 0 Å². The first-order valence-corrected chi connectivity index (χ1v) is 10.8. The van der Waals surface area contributed by atoms with E-state index in [1.165, 1.54) is 6.20 Å². The predicted molar refractivity (Wildman–Crippen MR) is 110 cm³/mol. The van der Waals surface area contributed by atoms with Crippen molar-refractivity contribution in [2.24, 2.45) is 0 Å². The van der Waals surface area contributed by atoms with E-state index in [0.29, 0.717) is 30.8 Å². The van der Waals surface area contributed by atoms with Crippen molar-refractivity contribution in [2.75, 3.05) is 13.1 Å². The third-order valence-electron chi connectivity index (χ3n) is 5.07. The number of pyridine rings is 1. The Morgan fingerprint density at radius 3 is 2.75 bits per heavy atom. The van der Waals surface area contributed by atoms with Crippen LogP contribution in [0.1, 0.15) is 29.3 Å². The van der Waals surface area contributed by atoms with Crippen molar-refractivity contribution >= 4 is 11.3 Å². The fraction of sp³-hybridized carbons (Fsp3) is 0.350. The average molecular weight is 461 g/mol. The largest absolute Gasteiger partial charge is 0.415 e. The molecule has 1 atom stereocenters. The van der Waals surface area contributed by atoms with E-state index in [4.69, 9.17) is 4.42 Å². The molecule has 0 spiro atoms. The summed E-state index contributed by atoms with van der Waals surface area (Å²) < 4.78 is 45.1. The van der Waals surface area contributed by atoms with Gasteiger partial charge < -0.3 is 4.42 Å². The van der Waals surface area contributed by atoms with Crippen LogP contribution in [0, 0.1) is 0 Å². The zero-order valence-electron chi connectivity index (χ0n) is 16.7. The molecule has 0 bridgehead atoms. The van der Waals surface area contributed by atoms with Crippen LogP contribution < -0.4 is 0 Å². The van der Waals surface area contributed by atoms with Crippen LogP contribution in [0.4, 0.5) is 13.2 Å². The second kappa shape index (κ2) is 8.79. The molecule has 1 aliphatic rings. The first kappa shape index (κ1) is 20.8. The highest BCUT2D eigenvalue weighted by molar-refractivity contribution is 7.15. The van der Waals surface area contributed by atoms with Crippen molar-refractivity contribution in [2.45, 2.75) is 32.1 Å². The minimum absolute atomic E-state index is 0.00754. The highest BCUT2D eigenvalue weighted by Gasteiger charge is 2.22.